The maximum Gasteiger partial charge on any atom is 0.194 e. The van der Waals surface area contributed by atoms with Crippen molar-refractivity contribution < 1.29 is 9.47 Å². The molecule has 3 rings (SSSR count). The first-order valence-corrected chi connectivity index (χ1v) is 9.99. The largest absolute Gasteiger partial charge is 0.493 e. The average Bonchev–Trinajstić information content (AvgIpc) is 3.15. The van der Waals surface area contributed by atoms with Crippen molar-refractivity contribution in [2.24, 2.45) is 12.0 Å². The highest BCUT2D eigenvalue weighted by atomic mass is 127. The third-order valence-electron chi connectivity index (χ3n) is 4.71. The highest BCUT2D eigenvalue weighted by molar-refractivity contribution is 14.0. The van der Waals surface area contributed by atoms with Gasteiger partial charge in [0.1, 0.15) is 11.9 Å². The molecule has 7 nitrogen and oxygen atoms in total. The summed E-state index contributed by atoms with van der Waals surface area (Å²) in [5.41, 5.74) is 2.27. The minimum Gasteiger partial charge on any atom is -0.493 e. The van der Waals surface area contributed by atoms with Gasteiger partial charge in [0.2, 0.25) is 0 Å². The van der Waals surface area contributed by atoms with Crippen LogP contribution < -0.4 is 10.1 Å². The van der Waals surface area contributed by atoms with Crippen LogP contribution >= 0.6 is 24.0 Å². The van der Waals surface area contributed by atoms with E-state index in [2.05, 4.69) is 35.2 Å². The molecular weight excluding hydrogens is 481 g/mol. The SMILES string of the molecule is CCNC(=NCCCOc1ccccc1C)N1CCOC(c2cnn(C)c2)C1.I. The lowest BCUT2D eigenvalue weighted by Gasteiger charge is -2.34. The van der Waals surface area contributed by atoms with Crippen LogP contribution in [0.5, 0.6) is 5.75 Å². The quantitative estimate of drug-likeness (QED) is 0.267. The van der Waals surface area contributed by atoms with Crippen LogP contribution in [0.3, 0.4) is 0 Å². The second-order valence-corrected chi connectivity index (χ2v) is 6.96. The summed E-state index contributed by atoms with van der Waals surface area (Å²) in [6.45, 7) is 8.68. The van der Waals surface area contributed by atoms with E-state index in [1.54, 1.807) is 0 Å². The van der Waals surface area contributed by atoms with Gasteiger partial charge >= 0.3 is 0 Å². The van der Waals surface area contributed by atoms with Gasteiger partial charge in [0.25, 0.3) is 0 Å². The predicted molar refractivity (Wildman–Crippen MR) is 126 cm³/mol. The minimum atomic E-state index is 0. The van der Waals surface area contributed by atoms with Gasteiger partial charge in [-0.3, -0.25) is 9.67 Å². The number of hydrogen-bond donors (Lipinski definition) is 1. The molecule has 1 fully saturated rings. The molecule has 1 aromatic heterocycles. The molecule has 1 aliphatic rings. The molecular formula is C21H32IN5O2. The Balaban J connectivity index is 0.00000300. The Bertz CT molecular complexity index is 780. The Morgan fingerprint density at radius 2 is 2.21 bits per heavy atom. The number of hydrogen-bond acceptors (Lipinski definition) is 4. The molecule has 1 unspecified atom stereocenters. The molecule has 0 amide bonds. The number of rotatable bonds is 7. The maximum atomic E-state index is 5.94. The van der Waals surface area contributed by atoms with Gasteiger partial charge in [-0.15, -0.1) is 24.0 Å². The van der Waals surface area contributed by atoms with Crippen LogP contribution in [0.25, 0.3) is 0 Å². The molecule has 0 bridgehead atoms. The van der Waals surface area contributed by atoms with Crippen LogP contribution in [-0.2, 0) is 11.8 Å². The third kappa shape index (κ3) is 6.88. The third-order valence-corrected chi connectivity index (χ3v) is 4.71. The Morgan fingerprint density at radius 1 is 1.38 bits per heavy atom. The number of para-hydroxylation sites is 1. The Morgan fingerprint density at radius 3 is 2.93 bits per heavy atom. The van der Waals surface area contributed by atoms with Gasteiger partial charge in [-0.25, -0.2) is 0 Å². The van der Waals surface area contributed by atoms with Gasteiger partial charge in [-0.05, 0) is 25.5 Å². The summed E-state index contributed by atoms with van der Waals surface area (Å²) < 4.78 is 13.6. The van der Waals surface area contributed by atoms with Gasteiger partial charge in [0.15, 0.2) is 5.96 Å². The van der Waals surface area contributed by atoms with E-state index in [4.69, 9.17) is 14.5 Å². The lowest BCUT2D eigenvalue weighted by Crippen LogP contribution is -2.48. The second kappa shape index (κ2) is 12.0. The van der Waals surface area contributed by atoms with E-state index in [9.17, 15) is 0 Å². The topological polar surface area (TPSA) is 63.9 Å². The van der Waals surface area contributed by atoms with Crippen LogP contribution in [0.15, 0.2) is 41.7 Å². The molecule has 29 heavy (non-hydrogen) atoms. The molecule has 1 aromatic carbocycles. The van der Waals surface area contributed by atoms with Gasteiger partial charge in [0, 0.05) is 44.9 Å². The normalized spacial score (nSPS) is 17.0. The summed E-state index contributed by atoms with van der Waals surface area (Å²) >= 11 is 0. The molecule has 1 aliphatic heterocycles. The van der Waals surface area contributed by atoms with Crippen molar-refractivity contribution in [3.05, 3.63) is 47.8 Å². The van der Waals surface area contributed by atoms with Gasteiger partial charge in [0.05, 0.1) is 26.0 Å². The molecule has 0 radical (unpaired) electrons. The lowest BCUT2D eigenvalue weighted by atomic mass is 10.1. The number of nitrogens with zero attached hydrogens (tertiary/aromatic N) is 4. The van der Waals surface area contributed by atoms with Gasteiger partial charge in [-0.2, -0.15) is 5.10 Å². The second-order valence-electron chi connectivity index (χ2n) is 6.96. The highest BCUT2D eigenvalue weighted by Gasteiger charge is 2.25. The average molecular weight is 513 g/mol. The first-order valence-electron chi connectivity index (χ1n) is 9.99. The maximum absolute atomic E-state index is 5.94. The Labute approximate surface area is 190 Å². The van der Waals surface area contributed by atoms with E-state index >= 15 is 0 Å². The standard InChI is InChI=1S/C21H31N5O2.HI/c1-4-22-21(23-10-7-12-27-19-9-6-5-8-17(19)2)26-11-13-28-20(16-26)18-14-24-25(3)15-18;/h5-6,8-9,14-15,20H,4,7,10-13,16H2,1-3H3,(H,22,23);1H. The smallest absolute Gasteiger partial charge is 0.194 e. The fourth-order valence-electron chi connectivity index (χ4n) is 3.23. The van der Waals surface area contributed by atoms with E-state index in [1.165, 1.54) is 0 Å². The van der Waals surface area contributed by atoms with E-state index < -0.39 is 0 Å². The van der Waals surface area contributed by atoms with Crippen molar-refractivity contribution in [1.29, 1.82) is 0 Å². The molecule has 0 spiro atoms. The lowest BCUT2D eigenvalue weighted by molar-refractivity contribution is -0.00804. The molecule has 1 atom stereocenters. The monoisotopic (exact) mass is 513 g/mol. The van der Waals surface area contributed by atoms with E-state index in [1.807, 2.05) is 42.3 Å². The van der Waals surface area contributed by atoms with E-state index in [0.717, 1.165) is 55.4 Å². The molecule has 160 valence electrons. The first-order chi connectivity index (χ1) is 13.7. The molecule has 2 aromatic rings. The van der Waals surface area contributed by atoms with Crippen molar-refractivity contribution in [1.82, 2.24) is 20.0 Å². The summed E-state index contributed by atoms with van der Waals surface area (Å²) in [5, 5.41) is 7.66. The molecule has 1 N–H and O–H groups in total. The zero-order valence-corrected chi connectivity index (χ0v) is 19.8. The number of aryl methyl sites for hydroxylation is 2. The van der Waals surface area contributed by atoms with Gasteiger partial charge in [-0.1, -0.05) is 18.2 Å². The number of aliphatic imine (C=N–C) groups is 1. The van der Waals surface area contributed by atoms with Crippen molar-refractivity contribution in [2.45, 2.75) is 26.4 Å². The van der Waals surface area contributed by atoms with E-state index in [-0.39, 0.29) is 30.1 Å². The molecule has 2 heterocycles. The van der Waals surface area contributed by atoms with E-state index in [0.29, 0.717) is 13.2 Å². The Kier molecular flexibility index (Phi) is 9.72. The summed E-state index contributed by atoms with van der Waals surface area (Å²) in [4.78, 5) is 7.07. The van der Waals surface area contributed by atoms with Crippen LogP contribution in [0.2, 0.25) is 0 Å². The number of ether oxygens (including phenoxy) is 2. The van der Waals surface area contributed by atoms with Crippen molar-refractivity contribution in [3.63, 3.8) is 0 Å². The first kappa shape index (κ1) is 23.5. The number of guanidine groups is 1. The fraction of sp³-hybridized carbons (Fsp3) is 0.524. The highest BCUT2D eigenvalue weighted by Crippen LogP contribution is 2.21. The molecule has 0 aliphatic carbocycles. The van der Waals surface area contributed by atoms with Crippen LogP contribution in [0.4, 0.5) is 0 Å². The van der Waals surface area contributed by atoms with Crippen LogP contribution in [0.1, 0.15) is 30.6 Å². The summed E-state index contributed by atoms with van der Waals surface area (Å²) in [7, 11) is 1.93. The summed E-state index contributed by atoms with van der Waals surface area (Å²) in [5.74, 6) is 1.89. The summed E-state index contributed by atoms with van der Waals surface area (Å²) in [6, 6.07) is 8.10. The zero-order chi connectivity index (χ0) is 19.8. The van der Waals surface area contributed by atoms with Gasteiger partial charge < -0.3 is 19.7 Å². The summed E-state index contributed by atoms with van der Waals surface area (Å²) in [6.07, 6.45) is 4.79. The number of halogens is 1. The number of aromatic nitrogens is 2. The van der Waals surface area contributed by atoms with Crippen LogP contribution in [-0.4, -0.2) is 60.0 Å². The van der Waals surface area contributed by atoms with Crippen LogP contribution in [0, 0.1) is 6.92 Å². The minimum absolute atomic E-state index is 0. The fourth-order valence-corrected chi connectivity index (χ4v) is 3.23. The molecule has 8 heteroatoms. The molecule has 0 saturated carbocycles. The predicted octanol–water partition coefficient (Wildman–Crippen LogP) is 3.15. The van der Waals surface area contributed by atoms with Crippen molar-refractivity contribution in [3.8, 4) is 5.75 Å². The van der Waals surface area contributed by atoms with Crippen molar-refractivity contribution in [2.75, 3.05) is 39.4 Å². The zero-order valence-electron chi connectivity index (χ0n) is 17.5. The Hall–Kier alpha value is -1.81. The number of nitrogens with one attached hydrogen (secondary N) is 1. The molecule has 1 saturated heterocycles. The van der Waals surface area contributed by atoms with Crippen molar-refractivity contribution >= 4 is 29.9 Å². The number of benzene rings is 1. The number of morpholine rings is 1.